The van der Waals surface area contributed by atoms with Crippen LogP contribution in [0, 0.1) is 12.8 Å². The molecule has 1 heterocycles. The SMILES string of the molecule is CC.Cc1cc(C(C)C)nn1CC1CC1. The molecule has 0 aromatic carbocycles. The average molecular weight is 208 g/mol. The minimum atomic E-state index is 0.555. The maximum atomic E-state index is 4.61. The van der Waals surface area contributed by atoms with Gasteiger partial charge in [-0.3, -0.25) is 4.68 Å². The molecule has 0 atom stereocenters. The Morgan fingerprint density at radius 3 is 2.40 bits per heavy atom. The predicted molar refractivity (Wildman–Crippen MR) is 65.1 cm³/mol. The van der Waals surface area contributed by atoms with Crippen molar-refractivity contribution >= 4 is 0 Å². The van der Waals surface area contributed by atoms with Crippen molar-refractivity contribution in [3.63, 3.8) is 0 Å². The second-order valence-corrected chi connectivity index (χ2v) is 4.49. The molecule has 1 fully saturated rings. The van der Waals surface area contributed by atoms with Crippen molar-refractivity contribution in [2.45, 2.75) is 59.9 Å². The summed E-state index contributed by atoms with van der Waals surface area (Å²) >= 11 is 0. The van der Waals surface area contributed by atoms with E-state index in [1.165, 1.54) is 24.2 Å². The van der Waals surface area contributed by atoms with E-state index >= 15 is 0 Å². The maximum absolute atomic E-state index is 4.61. The molecule has 1 aliphatic rings. The van der Waals surface area contributed by atoms with Crippen molar-refractivity contribution in [1.29, 1.82) is 0 Å². The van der Waals surface area contributed by atoms with Gasteiger partial charge in [-0.15, -0.1) is 0 Å². The molecule has 0 bridgehead atoms. The van der Waals surface area contributed by atoms with Gasteiger partial charge in [0.2, 0.25) is 0 Å². The van der Waals surface area contributed by atoms with Crippen LogP contribution in [0.4, 0.5) is 0 Å². The van der Waals surface area contributed by atoms with Crippen LogP contribution in [0.5, 0.6) is 0 Å². The molecule has 0 saturated heterocycles. The van der Waals surface area contributed by atoms with E-state index in [9.17, 15) is 0 Å². The smallest absolute Gasteiger partial charge is 0.0652 e. The highest BCUT2D eigenvalue weighted by atomic mass is 15.3. The van der Waals surface area contributed by atoms with Crippen LogP contribution >= 0.6 is 0 Å². The minimum absolute atomic E-state index is 0.555. The molecule has 86 valence electrons. The molecular weight excluding hydrogens is 184 g/mol. The third-order valence-corrected chi connectivity index (χ3v) is 2.72. The van der Waals surface area contributed by atoms with Crippen LogP contribution < -0.4 is 0 Å². The third kappa shape index (κ3) is 3.37. The van der Waals surface area contributed by atoms with Crippen LogP contribution in [0.1, 0.15) is 57.8 Å². The Labute approximate surface area is 93.7 Å². The van der Waals surface area contributed by atoms with Gasteiger partial charge < -0.3 is 0 Å². The molecule has 0 radical (unpaired) electrons. The lowest BCUT2D eigenvalue weighted by atomic mass is 10.1. The normalized spacial score (nSPS) is 15.1. The molecule has 0 amide bonds. The predicted octanol–water partition coefficient (Wildman–Crippen LogP) is 3.75. The first-order valence-corrected chi connectivity index (χ1v) is 6.21. The van der Waals surface area contributed by atoms with Gasteiger partial charge in [-0.2, -0.15) is 5.10 Å². The van der Waals surface area contributed by atoms with Crippen molar-refractivity contribution in [3.8, 4) is 0 Å². The monoisotopic (exact) mass is 208 g/mol. The van der Waals surface area contributed by atoms with Gasteiger partial charge >= 0.3 is 0 Å². The fourth-order valence-electron chi connectivity index (χ4n) is 1.55. The fourth-order valence-corrected chi connectivity index (χ4v) is 1.55. The Morgan fingerprint density at radius 2 is 2.00 bits per heavy atom. The van der Waals surface area contributed by atoms with Gasteiger partial charge in [-0.1, -0.05) is 27.7 Å². The highest BCUT2D eigenvalue weighted by Crippen LogP contribution is 2.31. The third-order valence-electron chi connectivity index (χ3n) is 2.72. The summed E-state index contributed by atoms with van der Waals surface area (Å²) in [7, 11) is 0. The number of hydrogen-bond donors (Lipinski definition) is 0. The Kier molecular flexibility index (Phi) is 4.37. The van der Waals surface area contributed by atoms with Crippen molar-refractivity contribution in [2.24, 2.45) is 5.92 Å². The molecule has 1 saturated carbocycles. The molecule has 0 N–H and O–H groups in total. The van der Waals surface area contributed by atoms with Gasteiger partial charge in [0, 0.05) is 12.2 Å². The number of rotatable bonds is 3. The summed E-state index contributed by atoms with van der Waals surface area (Å²) in [6.07, 6.45) is 2.80. The van der Waals surface area contributed by atoms with Crippen molar-refractivity contribution in [2.75, 3.05) is 0 Å². The zero-order chi connectivity index (χ0) is 11.4. The van der Waals surface area contributed by atoms with Gasteiger partial charge in [0.15, 0.2) is 0 Å². The lowest BCUT2D eigenvalue weighted by Crippen LogP contribution is -2.04. The van der Waals surface area contributed by atoms with Crippen LogP contribution in [-0.4, -0.2) is 9.78 Å². The zero-order valence-electron chi connectivity index (χ0n) is 10.7. The molecule has 2 heteroatoms. The molecule has 1 aliphatic carbocycles. The first-order chi connectivity index (χ1) is 7.16. The number of aryl methyl sites for hydroxylation is 1. The largest absolute Gasteiger partial charge is 0.269 e. The Balaban J connectivity index is 0.000000531. The quantitative estimate of drug-likeness (QED) is 0.739. The Morgan fingerprint density at radius 1 is 1.40 bits per heavy atom. The van der Waals surface area contributed by atoms with Crippen molar-refractivity contribution in [1.82, 2.24) is 9.78 Å². The van der Waals surface area contributed by atoms with E-state index in [1.807, 2.05) is 13.8 Å². The fraction of sp³-hybridized carbons (Fsp3) is 0.769. The molecule has 0 unspecified atom stereocenters. The molecule has 15 heavy (non-hydrogen) atoms. The number of hydrogen-bond acceptors (Lipinski definition) is 1. The zero-order valence-corrected chi connectivity index (χ0v) is 10.7. The molecule has 0 spiro atoms. The number of nitrogens with zero attached hydrogens (tertiary/aromatic N) is 2. The summed E-state index contributed by atoms with van der Waals surface area (Å²) in [5, 5.41) is 4.61. The highest BCUT2D eigenvalue weighted by Gasteiger charge is 2.23. The van der Waals surface area contributed by atoms with E-state index in [1.54, 1.807) is 0 Å². The van der Waals surface area contributed by atoms with E-state index in [2.05, 4.69) is 36.6 Å². The first-order valence-electron chi connectivity index (χ1n) is 6.21. The van der Waals surface area contributed by atoms with Crippen LogP contribution in [0.15, 0.2) is 6.07 Å². The maximum Gasteiger partial charge on any atom is 0.0652 e. The highest BCUT2D eigenvalue weighted by molar-refractivity contribution is 5.12. The molecule has 0 aliphatic heterocycles. The van der Waals surface area contributed by atoms with E-state index in [0.29, 0.717) is 5.92 Å². The molecule has 2 rings (SSSR count). The summed E-state index contributed by atoms with van der Waals surface area (Å²) in [4.78, 5) is 0. The molecule has 1 aromatic heterocycles. The van der Waals surface area contributed by atoms with Crippen LogP contribution in [0.25, 0.3) is 0 Å². The minimum Gasteiger partial charge on any atom is -0.269 e. The van der Waals surface area contributed by atoms with Gasteiger partial charge in [0.25, 0.3) is 0 Å². The lowest BCUT2D eigenvalue weighted by molar-refractivity contribution is 0.540. The van der Waals surface area contributed by atoms with Crippen molar-refractivity contribution in [3.05, 3.63) is 17.5 Å². The summed E-state index contributed by atoms with van der Waals surface area (Å²) in [5.74, 6) is 1.47. The van der Waals surface area contributed by atoms with Crippen molar-refractivity contribution < 1.29 is 0 Å². The standard InChI is InChI=1S/C11H18N2.C2H6/c1-8(2)11-6-9(3)13(12-11)7-10-4-5-10;1-2/h6,8,10H,4-5,7H2,1-3H3;1-2H3. The van der Waals surface area contributed by atoms with E-state index in [0.717, 1.165) is 12.5 Å². The van der Waals surface area contributed by atoms with E-state index in [4.69, 9.17) is 0 Å². The van der Waals surface area contributed by atoms with Crippen LogP contribution in [-0.2, 0) is 6.54 Å². The number of aromatic nitrogens is 2. The summed E-state index contributed by atoms with van der Waals surface area (Å²) in [5.41, 5.74) is 2.55. The molecule has 1 aromatic rings. The summed E-state index contributed by atoms with van der Waals surface area (Å²) < 4.78 is 2.17. The second-order valence-electron chi connectivity index (χ2n) is 4.49. The molecule has 2 nitrogen and oxygen atoms in total. The van der Waals surface area contributed by atoms with E-state index < -0.39 is 0 Å². The van der Waals surface area contributed by atoms with Gasteiger partial charge in [0.1, 0.15) is 0 Å². The average Bonchev–Trinajstić information content (AvgIpc) is 2.95. The lowest BCUT2D eigenvalue weighted by Gasteiger charge is -2.01. The Hall–Kier alpha value is -0.790. The van der Waals surface area contributed by atoms with Gasteiger partial charge in [-0.25, -0.2) is 0 Å². The van der Waals surface area contributed by atoms with Gasteiger partial charge in [-0.05, 0) is 37.7 Å². The van der Waals surface area contributed by atoms with E-state index in [-0.39, 0.29) is 0 Å². The summed E-state index contributed by atoms with van der Waals surface area (Å²) in [6.45, 7) is 11.7. The first kappa shape index (κ1) is 12.3. The summed E-state index contributed by atoms with van der Waals surface area (Å²) in [6, 6.07) is 2.22. The second kappa shape index (κ2) is 5.34. The van der Waals surface area contributed by atoms with Gasteiger partial charge in [0.05, 0.1) is 5.69 Å². The Bertz CT molecular complexity index is 295. The topological polar surface area (TPSA) is 17.8 Å². The molecular formula is C13H24N2. The van der Waals surface area contributed by atoms with Crippen LogP contribution in [0.2, 0.25) is 0 Å². The van der Waals surface area contributed by atoms with Crippen LogP contribution in [0.3, 0.4) is 0 Å².